The number of benzene rings is 2. The van der Waals surface area contributed by atoms with E-state index in [0.717, 1.165) is 71.3 Å². The quantitative estimate of drug-likeness (QED) is 0.0505. The molecule has 3 aromatic rings. The van der Waals surface area contributed by atoms with Crippen LogP contribution in [0.2, 0.25) is 0 Å². The number of aryl methyl sites for hydroxylation is 1. The van der Waals surface area contributed by atoms with Crippen LogP contribution in [0, 0.1) is 6.92 Å². The fourth-order valence-corrected chi connectivity index (χ4v) is 6.59. The van der Waals surface area contributed by atoms with Gasteiger partial charge >= 0.3 is 5.97 Å². The first kappa shape index (κ1) is 37.7. The van der Waals surface area contributed by atoms with E-state index in [-0.39, 0.29) is 17.1 Å². The maximum absolute atomic E-state index is 12.0. The molecule has 6 nitrogen and oxygen atoms in total. The second kappa shape index (κ2) is 20.4. The Balaban J connectivity index is 1.24. The first-order chi connectivity index (χ1) is 22.2. The molecule has 7 heteroatoms. The first-order valence-corrected chi connectivity index (χ1v) is 18.8. The van der Waals surface area contributed by atoms with E-state index in [2.05, 4.69) is 44.9 Å². The first-order valence-electron chi connectivity index (χ1n) is 17.9. The highest BCUT2D eigenvalue weighted by Crippen LogP contribution is 2.36. The van der Waals surface area contributed by atoms with Crippen LogP contribution in [0.3, 0.4) is 0 Å². The normalized spacial score (nSPS) is 12.0. The minimum atomic E-state index is -0.210. The van der Waals surface area contributed by atoms with Gasteiger partial charge in [0.05, 0.1) is 6.61 Å². The summed E-state index contributed by atoms with van der Waals surface area (Å²) in [7, 11) is 0. The standard InChI is InChI=1S/C39H59N3O3S/c1-6-7-8-9-10-11-12-13-14-15-16-17-20-23-37(43)45-26-21-18-19-22-27-46-32-24-25-34-35(30-32)41-42(40-34)36-29-31(2)28-33(38(36)44)39(3,4)5/h20,23-25,28-30,44H,6-19,21-22,26-27H2,1-5H3/b23-20+. The number of phenolic OH excluding ortho intramolecular Hbond substituents is 1. The highest BCUT2D eigenvalue weighted by atomic mass is 32.2. The largest absolute Gasteiger partial charge is 0.505 e. The van der Waals surface area contributed by atoms with E-state index in [1.165, 1.54) is 64.2 Å². The second-order valence-electron chi connectivity index (χ2n) is 13.7. The van der Waals surface area contributed by atoms with Crippen LogP contribution in [0.15, 0.2) is 47.4 Å². The molecule has 3 rings (SSSR count). The number of aromatic nitrogens is 3. The van der Waals surface area contributed by atoms with Gasteiger partial charge in [-0.2, -0.15) is 0 Å². The van der Waals surface area contributed by atoms with Gasteiger partial charge in [-0.05, 0) is 73.6 Å². The molecule has 0 saturated carbocycles. The Morgan fingerprint density at radius 3 is 2.17 bits per heavy atom. The second-order valence-corrected chi connectivity index (χ2v) is 14.9. The molecule has 0 fully saturated rings. The molecule has 46 heavy (non-hydrogen) atoms. The van der Waals surface area contributed by atoms with Crippen LogP contribution in [-0.2, 0) is 14.9 Å². The zero-order valence-corrected chi connectivity index (χ0v) is 30.1. The van der Waals surface area contributed by atoms with E-state index >= 15 is 0 Å². The topological polar surface area (TPSA) is 77.2 Å². The highest BCUT2D eigenvalue weighted by Gasteiger charge is 2.22. The molecule has 0 bridgehead atoms. The Kier molecular flexibility index (Phi) is 16.7. The van der Waals surface area contributed by atoms with E-state index in [9.17, 15) is 9.90 Å². The predicted octanol–water partition coefficient (Wildman–Crippen LogP) is 11.2. The predicted molar refractivity (Wildman–Crippen MR) is 194 cm³/mol. The molecular formula is C39H59N3O3S. The molecular weight excluding hydrogens is 591 g/mol. The number of unbranched alkanes of at least 4 members (excludes halogenated alkanes) is 14. The summed E-state index contributed by atoms with van der Waals surface area (Å²) < 4.78 is 5.38. The molecule has 0 atom stereocenters. The number of phenols is 1. The van der Waals surface area contributed by atoms with Crippen molar-refractivity contribution < 1.29 is 14.6 Å². The number of thioether (sulfide) groups is 1. The lowest BCUT2D eigenvalue weighted by molar-refractivity contribution is -0.137. The Morgan fingerprint density at radius 2 is 1.48 bits per heavy atom. The molecule has 0 aliphatic rings. The van der Waals surface area contributed by atoms with Crippen molar-refractivity contribution in [3.8, 4) is 11.4 Å². The zero-order valence-electron chi connectivity index (χ0n) is 29.3. The highest BCUT2D eigenvalue weighted by molar-refractivity contribution is 7.99. The van der Waals surface area contributed by atoms with Crippen LogP contribution in [-0.4, -0.2) is 38.4 Å². The van der Waals surface area contributed by atoms with E-state index in [1.54, 1.807) is 10.9 Å². The maximum atomic E-state index is 12.0. The summed E-state index contributed by atoms with van der Waals surface area (Å²) in [5.41, 5.74) is 4.00. The number of hydrogen-bond donors (Lipinski definition) is 1. The number of rotatable bonds is 22. The van der Waals surface area contributed by atoms with Gasteiger partial charge in [0.15, 0.2) is 0 Å². The number of aromatic hydroxyl groups is 1. The van der Waals surface area contributed by atoms with Crippen LogP contribution in [0.25, 0.3) is 16.7 Å². The molecule has 0 aliphatic heterocycles. The van der Waals surface area contributed by atoms with E-state index in [1.807, 2.05) is 43.0 Å². The van der Waals surface area contributed by atoms with Gasteiger partial charge in [0.2, 0.25) is 0 Å². The third kappa shape index (κ3) is 13.5. The summed E-state index contributed by atoms with van der Waals surface area (Å²) in [6.07, 6.45) is 23.5. The molecule has 0 aliphatic carbocycles. The minimum Gasteiger partial charge on any atom is -0.505 e. The van der Waals surface area contributed by atoms with Crippen molar-refractivity contribution in [2.24, 2.45) is 0 Å². The summed E-state index contributed by atoms with van der Waals surface area (Å²) in [6.45, 7) is 11.1. The van der Waals surface area contributed by atoms with Gasteiger partial charge in [-0.3, -0.25) is 0 Å². The monoisotopic (exact) mass is 649 g/mol. The minimum absolute atomic E-state index is 0.186. The Bertz CT molecular complexity index is 1360. The lowest BCUT2D eigenvalue weighted by Gasteiger charge is -2.22. The number of carbonyl (C=O) groups is 1. The van der Waals surface area contributed by atoms with Crippen LogP contribution in [0.5, 0.6) is 5.75 Å². The number of nitrogens with zero attached hydrogens (tertiary/aromatic N) is 3. The van der Waals surface area contributed by atoms with Crippen molar-refractivity contribution >= 4 is 28.8 Å². The number of carbonyl (C=O) groups excluding carboxylic acids is 1. The maximum Gasteiger partial charge on any atom is 0.330 e. The van der Waals surface area contributed by atoms with Crippen LogP contribution < -0.4 is 0 Å². The Labute approximate surface area is 282 Å². The molecule has 1 aromatic heterocycles. The summed E-state index contributed by atoms with van der Waals surface area (Å²) in [5, 5.41) is 20.3. The SMILES string of the molecule is CCCCCCCCCCCCC/C=C/C(=O)OCCCCCCSc1ccc2nn(-c3cc(C)cc(C(C)(C)C)c3O)nc2c1. The summed E-state index contributed by atoms with van der Waals surface area (Å²) >= 11 is 1.82. The van der Waals surface area contributed by atoms with Crippen molar-refractivity contribution in [3.63, 3.8) is 0 Å². The summed E-state index contributed by atoms with van der Waals surface area (Å²) in [5.74, 6) is 1.04. The summed E-state index contributed by atoms with van der Waals surface area (Å²) in [4.78, 5) is 14.7. The number of hydrogen-bond acceptors (Lipinski definition) is 6. The molecule has 2 aromatic carbocycles. The van der Waals surface area contributed by atoms with Crippen molar-refractivity contribution in [2.75, 3.05) is 12.4 Å². The molecule has 0 saturated heterocycles. The van der Waals surface area contributed by atoms with E-state index in [4.69, 9.17) is 9.84 Å². The van der Waals surface area contributed by atoms with Gasteiger partial charge in [-0.25, -0.2) is 4.79 Å². The smallest absolute Gasteiger partial charge is 0.330 e. The molecule has 0 spiro atoms. The number of esters is 1. The van der Waals surface area contributed by atoms with Crippen molar-refractivity contribution in [1.82, 2.24) is 15.0 Å². The van der Waals surface area contributed by atoms with Crippen molar-refractivity contribution in [2.45, 2.75) is 148 Å². The fraction of sp³-hybridized carbons (Fsp3) is 0.615. The van der Waals surface area contributed by atoms with Crippen LogP contribution >= 0.6 is 11.8 Å². The Morgan fingerprint density at radius 1 is 0.848 bits per heavy atom. The molecule has 1 N–H and O–H groups in total. The van der Waals surface area contributed by atoms with E-state index in [0.29, 0.717) is 12.3 Å². The third-order valence-electron chi connectivity index (χ3n) is 8.39. The molecule has 254 valence electrons. The lowest BCUT2D eigenvalue weighted by Crippen LogP contribution is -2.13. The van der Waals surface area contributed by atoms with Crippen LogP contribution in [0.4, 0.5) is 0 Å². The van der Waals surface area contributed by atoms with Gasteiger partial charge < -0.3 is 9.84 Å². The van der Waals surface area contributed by atoms with Crippen molar-refractivity contribution in [1.29, 1.82) is 0 Å². The van der Waals surface area contributed by atoms with Gasteiger partial charge in [0, 0.05) is 16.5 Å². The van der Waals surface area contributed by atoms with Gasteiger partial charge in [-0.15, -0.1) is 26.8 Å². The van der Waals surface area contributed by atoms with Crippen LogP contribution in [0.1, 0.15) is 142 Å². The number of allylic oxidation sites excluding steroid dienone is 1. The summed E-state index contributed by atoms with van der Waals surface area (Å²) in [6, 6.07) is 10.1. The fourth-order valence-electron chi connectivity index (χ4n) is 5.65. The zero-order chi connectivity index (χ0) is 33.2. The van der Waals surface area contributed by atoms with Gasteiger partial charge in [0.25, 0.3) is 0 Å². The number of ether oxygens (including phenoxy) is 1. The molecule has 1 heterocycles. The Hall–Kier alpha value is -2.80. The lowest BCUT2D eigenvalue weighted by atomic mass is 9.85. The molecule has 0 unspecified atom stereocenters. The number of fused-ring (bicyclic) bond motifs is 1. The average molecular weight is 650 g/mol. The molecule has 0 radical (unpaired) electrons. The average Bonchev–Trinajstić information content (AvgIpc) is 3.44. The van der Waals surface area contributed by atoms with Gasteiger partial charge in [0.1, 0.15) is 22.5 Å². The van der Waals surface area contributed by atoms with E-state index < -0.39 is 0 Å². The van der Waals surface area contributed by atoms with Crippen molar-refractivity contribution in [3.05, 3.63) is 53.6 Å². The third-order valence-corrected chi connectivity index (χ3v) is 9.47. The molecule has 0 amide bonds. The van der Waals surface area contributed by atoms with Gasteiger partial charge in [-0.1, -0.05) is 117 Å².